The summed E-state index contributed by atoms with van der Waals surface area (Å²) >= 11 is 0. The molecule has 0 bridgehead atoms. The van der Waals surface area contributed by atoms with Crippen molar-refractivity contribution in [3.8, 4) is 0 Å². The normalized spacial score (nSPS) is 10.8. The van der Waals surface area contributed by atoms with Gasteiger partial charge in [-0.2, -0.15) is 0 Å². The lowest BCUT2D eigenvalue weighted by atomic mass is 10.6. The largest absolute Gasteiger partial charge is 1.00 e. The van der Waals surface area contributed by atoms with Gasteiger partial charge >= 0.3 is 0 Å². The van der Waals surface area contributed by atoms with Crippen molar-refractivity contribution in [2.24, 2.45) is 5.73 Å². The van der Waals surface area contributed by atoms with Gasteiger partial charge in [0.25, 0.3) is 0 Å². The Morgan fingerprint density at radius 1 is 1.31 bits per heavy atom. The van der Waals surface area contributed by atoms with E-state index in [2.05, 4.69) is 33.5 Å². The second-order valence-electron chi connectivity index (χ2n) is 3.17. The molecule has 0 radical (unpaired) electrons. The van der Waals surface area contributed by atoms with Crippen molar-refractivity contribution in [2.45, 2.75) is 19.3 Å². The average Bonchev–Trinajstić information content (AvgIpc) is 2.70. The number of nitrogens with one attached hydrogen (secondary N) is 1. The lowest BCUT2D eigenvalue weighted by molar-refractivity contribution is -0.836. The van der Waals surface area contributed by atoms with Gasteiger partial charge in [-0.1, -0.05) is 25.8 Å². The van der Waals surface area contributed by atoms with Gasteiger partial charge in [0.1, 0.15) is 0 Å². The molecule has 0 spiro atoms. The molecule has 0 aromatic heterocycles. The van der Waals surface area contributed by atoms with E-state index in [9.17, 15) is 4.79 Å². The summed E-state index contributed by atoms with van der Waals surface area (Å²) in [5.41, 5.74) is 4.53. The molecule has 1 fully saturated rings. The zero-order valence-electron chi connectivity index (χ0n) is 8.77. The monoisotopic (exact) mass is 208 g/mol. The van der Waals surface area contributed by atoms with E-state index in [4.69, 9.17) is 0 Å². The minimum absolute atomic E-state index is 0. The van der Waals surface area contributed by atoms with Gasteiger partial charge in [0.05, 0.1) is 21.1 Å². The van der Waals surface area contributed by atoms with Crippen LogP contribution in [-0.4, -0.2) is 27.1 Å². The second-order valence-corrected chi connectivity index (χ2v) is 3.17. The van der Waals surface area contributed by atoms with E-state index in [0.29, 0.717) is 0 Å². The first-order valence-corrected chi connectivity index (χ1v) is 4.19. The van der Waals surface area contributed by atoms with Crippen LogP contribution in [0.2, 0.25) is 0 Å². The number of halogens is 1. The average molecular weight is 209 g/mol. The molecule has 0 heterocycles. The van der Waals surface area contributed by atoms with E-state index < -0.39 is 5.91 Å². The van der Waals surface area contributed by atoms with Crippen LogP contribution in [0.3, 0.4) is 0 Å². The SMILES string of the molecule is C1CC1.C=CC(N)=O.C[NH+](C)C.[Cl-]. The van der Waals surface area contributed by atoms with Gasteiger partial charge in [0.2, 0.25) is 5.91 Å². The highest BCUT2D eigenvalue weighted by atomic mass is 35.5. The summed E-state index contributed by atoms with van der Waals surface area (Å²) in [6.45, 7) is 3.09. The van der Waals surface area contributed by atoms with Crippen molar-refractivity contribution in [2.75, 3.05) is 21.1 Å². The van der Waals surface area contributed by atoms with Crippen LogP contribution in [0.25, 0.3) is 0 Å². The number of hydrogen-bond donors (Lipinski definition) is 2. The molecule has 0 aromatic carbocycles. The Balaban J connectivity index is -0.000000113. The van der Waals surface area contributed by atoms with Gasteiger partial charge in [0, 0.05) is 0 Å². The highest BCUT2D eigenvalue weighted by molar-refractivity contribution is 5.84. The maximum atomic E-state index is 9.47. The maximum Gasteiger partial charge on any atom is 0.240 e. The molecule has 3 N–H and O–H groups in total. The molecule has 1 amide bonds. The Kier molecular flexibility index (Phi) is 19.7. The number of nitrogens with two attached hydrogens (primary N) is 1. The van der Waals surface area contributed by atoms with Crippen LogP contribution in [0, 0.1) is 0 Å². The third-order valence-corrected chi connectivity index (χ3v) is 0.555. The summed E-state index contributed by atoms with van der Waals surface area (Å²) in [7, 11) is 6.25. The summed E-state index contributed by atoms with van der Waals surface area (Å²) in [5, 5.41) is 0. The Hall–Kier alpha value is -0.540. The summed E-state index contributed by atoms with van der Waals surface area (Å²) in [6, 6.07) is 0. The Morgan fingerprint density at radius 2 is 1.46 bits per heavy atom. The number of carbonyl (C=O) groups excluding carboxylic acids is 1. The van der Waals surface area contributed by atoms with Crippen molar-refractivity contribution in [3.63, 3.8) is 0 Å². The van der Waals surface area contributed by atoms with E-state index in [1.807, 2.05) is 0 Å². The summed E-state index contributed by atoms with van der Waals surface area (Å²) in [5.74, 6) is -0.481. The number of amides is 1. The van der Waals surface area contributed by atoms with Gasteiger partial charge in [0.15, 0.2) is 0 Å². The van der Waals surface area contributed by atoms with E-state index in [1.165, 1.54) is 24.2 Å². The molecule has 3 nitrogen and oxygen atoms in total. The molecule has 80 valence electrons. The minimum atomic E-state index is -0.481. The molecule has 0 unspecified atom stereocenters. The molecule has 0 aromatic rings. The van der Waals surface area contributed by atoms with Crippen LogP contribution in [0.1, 0.15) is 19.3 Å². The Labute approximate surface area is 87.4 Å². The van der Waals surface area contributed by atoms with Gasteiger partial charge in [-0.3, -0.25) is 4.79 Å². The topological polar surface area (TPSA) is 47.5 Å². The third kappa shape index (κ3) is 169. The summed E-state index contributed by atoms with van der Waals surface area (Å²) in [6.07, 6.45) is 5.56. The highest BCUT2D eigenvalue weighted by Crippen LogP contribution is 2.14. The number of primary amides is 1. The van der Waals surface area contributed by atoms with Crippen molar-refractivity contribution in [1.82, 2.24) is 0 Å². The Morgan fingerprint density at radius 3 is 1.46 bits per heavy atom. The lowest BCUT2D eigenvalue weighted by Gasteiger charge is -1.88. The number of hydrogen-bond acceptors (Lipinski definition) is 1. The molecule has 0 aliphatic heterocycles. The predicted octanol–water partition coefficient (Wildman–Crippen LogP) is -3.41. The molecule has 13 heavy (non-hydrogen) atoms. The van der Waals surface area contributed by atoms with Crippen LogP contribution in [-0.2, 0) is 4.79 Å². The number of rotatable bonds is 1. The summed E-state index contributed by atoms with van der Waals surface area (Å²) < 4.78 is 0. The molecular formula is C9H21ClN2O. The Bertz CT molecular complexity index is 119. The molecule has 4 heteroatoms. The quantitative estimate of drug-likeness (QED) is 0.434. The van der Waals surface area contributed by atoms with Crippen LogP contribution >= 0.6 is 0 Å². The number of carbonyl (C=O) groups is 1. The van der Waals surface area contributed by atoms with E-state index in [0.717, 1.165) is 6.08 Å². The fourth-order valence-electron chi connectivity index (χ4n) is 0. The first-order valence-electron chi connectivity index (χ1n) is 4.19. The fourth-order valence-corrected chi connectivity index (χ4v) is 0. The zero-order chi connectivity index (χ0) is 9.98. The van der Waals surface area contributed by atoms with Gasteiger partial charge < -0.3 is 23.0 Å². The van der Waals surface area contributed by atoms with Crippen LogP contribution < -0.4 is 23.0 Å². The second kappa shape index (κ2) is 14.0. The first-order chi connectivity index (χ1) is 5.50. The highest BCUT2D eigenvalue weighted by Gasteiger charge is 1.95. The molecule has 1 rings (SSSR count). The van der Waals surface area contributed by atoms with E-state index >= 15 is 0 Å². The van der Waals surface area contributed by atoms with Gasteiger partial charge in [-0.15, -0.1) is 0 Å². The predicted molar refractivity (Wildman–Crippen MR) is 52.0 cm³/mol. The first kappa shape index (κ1) is 18.3. The zero-order valence-corrected chi connectivity index (χ0v) is 9.53. The molecule has 1 saturated carbocycles. The number of quaternary nitrogens is 1. The minimum Gasteiger partial charge on any atom is -1.00 e. The molecule has 0 saturated heterocycles. The van der Waals surface area contributed by atoms with Crippen molar-refractivity contribution >= 4 is 5.91 Å². The smallest absolute Gasteiger partial charge is 0.240 e. The van der Waals surface area contributed by atoms with Gasteiger partial charge in [-0.05, 0) is 6.08 Å². The third-order valence-electron chi connectivity index (χ3n) is 0.555. The standard InChI is InChI=1S/C3H5NO.C3H9N.C3H6.ClH/c1-2-3(4)5;1-4(2)3;1-2-3-1;/h2H,1H2,(H2,4,5);1-3H3;1-3H2;1H. The van der Waals surface area contributed by atoms with Gasteiger partial charge in [-0.25, -0.2) is 0 Å². The lowest BCUT2D eigenvalue weighted by Crippen LogP contribution is -3.02. The molecule has 1 aliphatic carbocycles. The molecule has 0 atom stereocenters. The maximum absolute atomic E-state index is 9.47. The van der Waals surface area contributed by atoms with Crippen molar-refractivity contribution in [3.05, 3.63) is 12.7 Å². The van der Waals surface area contributed by atoms with E-state index in [1.54, 1.807) is 0 Å². The molecular weight excluding hydrogens is 188 g/mol. The van der Waals surface area contributed by atoms with Crippen LogP contribution in [0.4, 0.5) is 0 Å². The fraction of sp³-hybridized carbons (Fsp3) is 0.667. The van der Waals surface area contributed by atoms with Crippen LogP contribution in [0.15, 0.2) is 12.7 Å². The molecule has 1 aliphatic rings. The van der Waals surface area contributed by atoms with Crippen molar-refractivity contribution in [1.29, 1.82) is 0 Å². The van der Waals surface area contributed by atoms with Crippen LogP contribution in [0.5, 0.6) is 0 Å². The van der Waals surface area contributed by atoms with E-state index in [-0.39, 0.29) is 12.4 Å². The van der Waals surface area contributed by atoms with Crippen molar-refractivity contribution < 1.29 is 22.1 Å². The summed E-state index contributed by atoms with van der Waals surface area (Å²) in [4.78, 5) is 10.9.